The Morgan fingerprint density at radius 1 is 1.00 bits per heavy atom. The first-order valence-electron chi connectivity index (χ1n) is 5.18. The lowest BCUT2D eigenvalue weighted by Crippen LogP contribution is -2.30. The Balaban J connectivity index is 4.37. The van der Waals surface area contributed by atoms with Gasteiger partial charge in [-0.05, 0) is 41.5 Å². The first-order valence-corrected chi connectivity index (χ1v) is 6.83. The van der Waals surface area contributed by atoms with Crippen LogP contribution in [-0.4, -0.2) is 18.9 Å². The minimum atomic E-state index is -3.02. The second kappa shape index (κ2) is 4.57. The van der Waals surface area contributed by atoms with E-state index in [4.69, 9.17) is 0 Å². The summed E-state index contributed by atoms with van der Waals surface area (Å²) < 4.78 is 22.7. The lowest BCUT2D eigenvalue weighted by Gasteiger charge is -2.18. The number of hydrogen-bond donors (Lipinski definition) is 0. The summed E-state index contributed by atoms with van der Waals surface area (Å²) in [5.74, 6) is 6.11. The minimum absolute atomic E-state index is 0.0501. The van der Waals surface area contributed by atoms with E-state index < -0.39 is 14.6 Å². The highest BCUT2D eigenvalue weighted by molar-refractivity contribution is 7.92. The van der Waals surface area contributed by atoms with Gasteiger partial charge in [-0.25, -0.2) is 8.42 Å². The summed E-state index contributed by atoms with van der Waals surface area (Å²) >= 11 is 0. The third kappa shape index (κ3) is 5.84. The van der Waals surface area contributed by atoms with Crippen molar-refractivity contribution in [2.45, 2.75) is 52.7 Å². The van der Waals surface area contributed by atoms with Gasteiger partial charge >= 0.3 is 0 Å². The van der Waals surface area contributed by atoms with Crippen LogP contribution in [0.15, 0.2) is 0 Å². The quantitative estimate of drug-likeness (QED) is 0.683. The van der Waals surface area contributed by atoms with Crippen LogP contribution in [0.4, 0.5) is 0 Å². The summed E-state index contributed by atoms with van der Waals surface area (Å²) in [5, 5.41) is 0. The molecular formula is C12H22O2S. The predicted octanol–water partition coefficient (Wildman–Crippen LogP) is 2.64. The van der Waals surface area contributed by atoms with Gasteiger partial charge in [-0.3, -0.25) is 0 Å². The van der Waals surface area contributed by atoms with E-state index in [0.29, 0.717) is 6.42 Å². The van der Waals surface area contributed by atoms with Gasteiger partial charge in [0.2, 0.25) is 0 Å². The molecule has 0 amide bonds. The zero-order chi connectivity index (χ0) is 12.3. The van der Waals surface area contributed by atoms with E-state index in [1.54, 1.807) is 20.8 Å². The van der Waals surface area contributed by atoms with Crippen molar-refractivity contribution < 1.29 is 8.42 Å². The lowest BCUT2D eigenvalue weighted by molar-refractivity contribution is 0.559. The third-order valence-electron chi connectivity index (χ3n) is 1.89. The van der Waals surface area contributed by atoms with E-state index in [2.05, 4.69) is 11.8 Å². The smallest absolute Gasteiger partial charge is 0.156 e. The molecule has 3 heteroatoms. The topological polar surface area (TPSA) is 34.1 Å². The van der Waals surface area contributed by atoms with Crippen molar-refractivity contribution in [3.05, 3.63) is 0 Å². The SMILES string of the molecule is CC(C)(C)C#CCCS(=O)(=O)C(C)(C)C. The lowest BCUT2D eigenvalue weighted by atomic mass is 9.98. The Bertz CT molecular complexity index is 353. The van der Waals surface area contributed by atoms with Gasteiger partial charge in [0.05, 0.1) is 10.5 Å². The van der Waals surface area contributed by atoms with Gasteiger partial charge in [0.15, 0.2) is 9.84 Å². The molecule has 0 unspecified atom stereocenters. The molecular weight excluding hydrogens is 208 g/mol. The maximum Gasteiger partial charge on any atom is 0.156 e. The molecule has 15 heavy (non-hydrogen) atoms. The molecule has 0 aliphatic carbocycles. The summed E-state index contributed by atoms with van der Waals surface area (Å²) in [5.41, 5.74) is -0.0501. The van der Waals surface area contributed by atoms with E-state index >= 15 is 0 Å². The number of rotatable bonds is 2. The highest BCUT2D eigenvalue weighted by Crippen LogP contribution is 2.16. The fourth-order valence-corrected chi connectivity index (χ4v) is 1.80. The molecule has 0 aliphatic rings. The minimum Gasteiger partial charge on any atom is -0.228 e. The number of sulfone groups is 1. The van der Waals surface area contributed by atoms with E-state index in [-0.39, 0.29) is 11.2 Å². The Labute approximate surface area is 94.4 Å². The summed E-state index contributed by atoms with van der Waals surface area (Å²) in [6.07, 6.45) is 0.427. The summed E-state index contributed by atoms with van der Waals surface area (Å²) in [6, 6.07) is 0. The largest absolute Gasteiger partial charge is 0.228 e. The van der Waals surface area contributed by atoms with Crippen LogP contribution in [0.5, 0.6) is 0 Å². The van der Waals surface area contributed by atoms with Gasteiger partial charge in [-0.15, -0.1) is 5.92 Å². The molecule has 0 fully saturated rings. The van der Waals surface area contributed by atoms with Crippen molar-refractivity contribution in [1.82, 2.24) is 0 Å². The molecule has 0 atom stereocenters. The van der Waals surface area contributed by atoms with E-state index in [0.717, 1.165) is 0 Å². The molecule has 0 saturated heterocycles. The van der Waals surface area contributed by atoms with Crippen molar-refractivity contribution in [3.8, 4) is 11.8 Å². The Morgan fingerprint density at radius 2 is 1.47 bits per heavy atom. The maximum absolute atomic E-state index is 11.7. The fraction of sp³-hybridized carbons (Fsp3) is 0.833. The molecule has 0 aromatic rings. The zero-order valence-electron chi connectivity index (χ0n) is 10.6. The van der Waals surface area contributed by atoms with Gasteiger partial charge in [0, 0.05) is 11.8 Å². The molecule has 0 aromatic heterocycles. The molecule has 0 spiro atoms. The van der Waals surface area contributed by atoms with E-state index in [1.165, 1.54) is 0 Å². The van der Waals surface area contributed by atoms with Crippen molar-refractivity contribution >= 4 is 9.84 Å². The van der Waals surface area contributed by atoms with Crippen LogP contribution in [0.3, 0.4) is 0 Å². The monoisotopic (exact) mass is 230 g/mol. The molecule has 0 aliphatic heterocycles. The fourth-order valence-electron chi connectivity index (χ4n) is 0.819. The molecule has 0 bridgehead atoms. The molecule has 0 aromatic carbocycles. The van der Waals surface area contributed by atoms with Crippen molar-refractivity contribution in [2.24, 2.45) is 5.41 Å². The first-order chi connectivity index (χ1) is 6.46. The average Bonchev–Trinajstić information content (AvgIpc) is 1.94. The standard InChI is InChI=1S/C12H22O2S/c1-11(2,3)9-7-8-10-15(13,14)12(4,5)6/h8,10H2,1-6H3. The van der Waals surface area contributed by atoms with Crippen molar-refractivity contribution in [2.75, 3.05) is 5.75 Å². The van der Waals surface area contributed by atoms with Crippen LogP contribution in [-0.2, 0) is 9.84 Å². The molecule has 2 nitrogen and oxygen atoms in total. The van der Waals surface area contributed by atoms with E-state index in [9.17, 15) is 8.42 Å². The molecule has 88 valence electrons. The van der Waals surface area contributed by atoms with Gasteiger partial charge in [-0.1, -0.05) is 5.92 Å². The second-order valence-electron chi connectivity index (χ2n) is 5.73. The number of hydrogen-bond acceptors (Lipinski definition) is 2. The van der Waals surface area contributed by atoms with E-state index in [1.807, 2.05) is 20.8 Å². The zero-order valence-corrected chi connectivity index (χ0v) is 11.5. The van der Waals surface area contributed by atoms with Crippen LogP contribution >= 0.6 is 0 Å². The van der Waals surface area contributed by atoms with Crippen molar-refractivity contribution in [3.63, 3.8) is 0 Å². The van der Waals surface area contributed by atoms with Crippen LogP contribution in [0.2, 0.25) is 0 Å². The summed E-state index contributed by atoms with van der Waals surface area (Å²) in [4.78, 5) is 0. The molecule has 0 saturated carbocycles. The highest BCUT2D eigenvalue weighted by atomic mass is 32.2. The molecule has 0 radical (unpaired) electrons. The first kappa shape index (κ1) is 14.5. The van der Waals surface area contributed by atoms with Gasteiger partial charge < -0.3 is 0 Å². The predicted molar refractivity (Wildman–Crippen MR) is 65.4 cm³/mol. The Morgan fingerprint density at radius 3 is 1.80 bits per heavy atom. The van der Waals surface area contributed by atoms with Crippen LogP contribution < -0.4 is 0 Å². The maximum atomic E-state index is 11.7. The summed E-state index contributed by atoms with van der Waals surface area (Å²) in [6.45, 7) is 11.2. The second-order valence-corrected chi connectivity index (χ2v) is 8.60. The average molecular weight is 230 g/mol. The van der Waals surface area contributed by atoms with Gasteiger partial charge in [-0.2, -0.15) is 0 Å². The van der Waals surface area contributed by atoms with Gasteiger partial charge in [0.25, 0.3) is 0 Å². The normalized spacial score (nSPS) is 13.2. The highest BCUT2D eigenvalue weighted by Gasteiger charge is 2.27. The Hall–Kier alpha value is -0.490. The van der Waals surface area contributed by atoms with Crippen LogP contribution in [0.25, 0.3) is 0 Å². The Kier molecular flexibility index (Phi) is 4.42. The molecule has 0 heterocycles. The third-order valence-corrected chi connectivity index (χ3v) is 4.50. The van der Waals surface area contributed by atoms with Crippen molar-refractivity contribution in [1.29, 1.82) is 0 Å². The van der Waals surface area contributed by atoms with Crippen LogP contribution in [0, 0.1) is 17.3 Å². The van der Waals surface area contributed by atoms with Crippen LogP contribution in [0.1, 0.15) is 48.0 Å². The summed E-state index contributed by atoms with van der Waals surface area (Å²) in [7, 11) is -3.02. The molecule has 0 rings (SSSR count). The molecule has 0 N–H and O–H groups in total. The van der Waals surface area contributed by atoms with Gasteiger partial charge in [0.1, 0.15) is 0 Å².